The van der Waals surface area contributed by atoms with E-state index in [4.69, 9.17) is 5.73 Å². The van der Waals surface area contributed by atoms with Gasteiger partial charge >= 0.3 is 21.7 Å². The molecule has 0 saturated heterocycles. The van der Waals surface area contributed by atoms with Crippen LogP contribution in [0.4, 0.5) is 0 Å². The van der Waals surface area contributed by atoms with Crippen LogP contribution in [-0.4, -0.2) is 7.05 Å². The van der Waals surface area contributed by atoms with Crippen molar-refractivity contribution < 1.29 is 21.7 Å². The Kier molecular flexibility index (Phi) is 481. The molecule has 0 aromatic carbocycles. The Balaban J connectivity index is -0.0000000133. The summed E-state index contributed by atoms with van der Waals surface area (Å²) in [6, 6.07) is 0. The third-order valence-electron chi connectivity index (χ3n) is 0. The second kappa shape index (κ2) is 139. The molecule has 2 heteroatoms. The Labute approximate surface area is 48.8 Å². The Bertz CT molecular complexity index is 6.85. The van der Waals surface area contributed by atoms with Crippen molar-refractivity contribution in [3.05, 3.63) is 12.7 Å². The van der Waals surface area contributed by atoms with E-state index in [1.54, 1.807) is 6.92 Å². The molecule has 0 rings (SSSR count). The molecular weight excluding hydrogens is 97.9 g/mol. The summed E-state index contributed by atoms with van der Waals surface area (Å²) in [5.41, 5.74) is 5.75. The van der Waals surface area contributed by atoms with Crippen molar-refractivity contribution in [2.24, 2.45) is 0 Å². The molecule has 0 heterocycles. The summed E-state index contributed by atoms with van der Waals surface area (Å²) < 4.78 is 0. The summed E-state index contributed by atoms with van der Waals surface area (Å²) in [5, 5.41) is 0. The minimum Gasteiger partial charge on any atom is -0.680 e. The standard InChI is InChI=1S/C2H5.CH4N.Ti/c2*1-2;/h1H2,2H3;2H,1H3;/q2*-1;+2. The zero-order valence-corrected chi connectivity index (χ0v) is 5.27. The van der Waals surface area contributed by atoms with Crippen LogP contribution >= 0.6 is 0 Å². The van der Waals surface area contributed by atoms with E-state index in [0.717, 1.165) is 0 Å². The quantitative estimate of drug-likeness (QED) is 0.331. The van der Waals surface area contributed by atoms with Crippen LogP contribution in [0.3, 0.4) is 0 Å². The fraction of sp³-hybridized carbons (Fsp3) is 0.667. The zero-order chi connectivity index (χ0) is 4.00. The second-order valence-electron chi connectivity index (χ2n) is 0. The van der Waals surface area contributed by atoms with Crippen molar-refractivity contribution in [1.82, 2.24) is 0 Å². The van der Waals surface area contributed by atoms with Crippen LogP contribution in [0, 0.1) is 6.92 Å². The SMILES string of the molecule is C[NH-].[CH2-]C.[Ti+2]. The first kappa shape index (κ1) is 17.3. The molecule has 0 unspecified atom stereocenters. The van der Waals surface area contributed by atoms with Gasteiger partial charge in [-0.05, 0) is 0 Å². The van der Waals surface area contributed by atoms with Gasteiger partial charge in [0.15, 0.2) is 0 Å². The van der Waals surface area contributed by atoms with Crippen molar-refractivity contribution in [1.29, 1.82) is 0 Å². The molecule has 30 valence electrons. The summed E-state index contributed by atoms with van der Waals surface area (Å²) in [6.45, 7) is 5.00. The van der Waals surface area contributed by atoms with Crippen molar-refractivity contribution in [2.45, 2.75) is 6.92 Å². The summed E-state index contributed by atoms with van der Waals surface area (Å²) in [6.07, 6.45) is 0. The first-order valence-electron chi connectivity index (χ1n) is 1.21. The topological polar surface area (TPSA) is 23.8 Å². The molecular formula is C3H9NTi. The van der Waals surface area contributed by atoms with Crippen LogP contribution in [0.1, 0.15) is 6.92 Å². The third kappa shape index (κ3) is 73.5. The van der Waals surface area contributed by atoms with E-state index >= 15 is 0 Å². The third-order valence-corrected chi connectivity index (χ3v) is 0. The molecule has 0 aliphatic rings. The van der Waals surface area contributed by atoms with Crippen LogP contribution in [0.2, 0.25) is 0 Å². The molecule has 0 fully saturated rings. The van der Waals surface area contributed by atoms with Gasteiger partial charge in [0.1, 0.15) is 0 Å². The average Bonchev–Trinajstić information content (AvgIpc) is 1.50. The van der Waals surface area contributed by atoms with E-state index in [1.165, 1.54) is 7.05 Å². The van der Waals surface area contributed by atoms with Crippen LogP contribution in [0.5, 0.6) is 0 Å². The average molecular weight is 107 g/mol. The normalized spacial score (nSPS) is 2.40. The van der Waals surface area contributed by atoms with Crippen molar-refractivity contribution in [2.75, 3.05) is 7.05 Å². The summed E-state index contributed by atoms with van der Waals surface area (Å²) in [7, 11) is 1.25. The van der Waals surface area contributed by atoms with E-state index in [0.29, 0.717) is 0 Å². The van der Waals surface area contributed by atoms with Crippen LogP contribution in [-0.2, 0) is 21.7 Å². The van der Waals surface area contributed by atoms with E-state index in [-0.39, 0.29) is 21.7 Å². The molecule has 0 aromatic rings. The van der Waals surface area contributed by atoms with Crippen LogP contribution < -0.4 is 0 Å². The Morgan fingerprint density at radius 2 is 1.20 bits per heavy atom. The van der Waals surface area contributed by atoms with E-state index in [2.05, 4.69) is 6.92 Å². The smallest absolute Gasteiger partial charge is 0.680 e. The van der Waals surface area contributed by atoms with Crippen LogP contribution in [0.15, 0.2) is 0 Å². The fourth-order valence-electron chi connectivity index (χ4n) is 0. The van der Waals surface area contributed by atoms with Crippen molar-refractivity contribution in [3.63, 3.8) is 0 Å². The molecule has 0 amide bonds. The monoisotopic (exact) mass is 107 g/mol. The summed E-state index contributed by atoms with van der Waals surface area (Å²) in [4.78, 5) is 0. The molecule has 0 aliphatic carbocycles. The number of rotatable bonds is 0. The molecule has 0 bridgehead atoms. The maximum absolute atomic E-state index is 5.75. The van der Waals surface area contributed by atoms with Gasteiger partial charge in [0.25, 0.3) is 0 Å². The van der Waals surface area contributed by atoms with Gasteiger partial charge in [-0.1, -0.05) is 0 Å². The minimum atomic E-state index is 0. The molecule has 1 nitrogen and oxygen atoms in total. The van der Waals surface area contributed by atoms with Crippen LogP contribution in [0.25, 0.3) is 5.73 Å². The van der Waals surface area contributed by atoms with Crippen molar-refractivity contribution in [3.8, 4) is 0 Å². The maximum atomic E-state index is 5.75. The molecule has 5 heavy (non-hydrogen) atoms. The van der Waals surface area contributed by atoms with E-state index < -0.39 is 0 Å². The Hall–Kier alpha value is 0.674. The number of hydrogen-bond acceptors (Lipinski definition) is 0. The van der Waals surface area contributed by atoms with Crippen molar-refractivity contribution >= 4 is 0 Å². The first-order valence-corrected chi connectivity index (χ1v) is 1.21. The molecule has 1 N–H and O–H groups in total. The molecule has 0 aromatic heterocycles. The van der Waals surface area contributed by atoms with Gasteiger partial charge in [-0.25, -0.2) is 0 Å². The number of hydrogen-bond donors (Lipinski definition) is 0. The Morgan fingerprint density at radius 1 is 1.20 bits per heavy atom. The molecule has 0 aliphatic heterocycles. The minimum absolute atomic E-state index is 0. The Morgan fingerprint density at radius 3 is 1.20 bits per heavy atom. The molecule has 0 radical (unpaired) electrons. The predicted molar refractivity (Wildman–Crippen MR) is 21.3 cm³/mol. The summed E-state index contributed by atoms with van der Waals surface area (Å²) >= 11 is 0. The first-order chi connectivity index (χ1) is 2.00. The predicted octanol–water partition coefficient (Wildman–Crippen LogP) is 1.51. The fourth-order valence-corrected chi connectivity index (χ4v) is 0. The van der Waals surface area contributed by atoms with Gasteiger partial charge in [-0.2, -0.15) is 14.0 Å². The number of nitrogens with one attached hydrogen (secondary N) is 1. The molecule has 0 spiro atoms. The maximum Gasteiger partial charge on any atom is 2.00 e. The summed E-state index contributed by atoms with van der Waals surface area (Å²) in [5.74, 6) is 0. The van der Waals surface area contributed by atoms with Gasteiger partial charge in [-0.3, -0.25) is 0 Å². The van der Waals surface area contributed by atoms with E-state index in [1.807, 2.05) is 0 Å². The van der Waals surface area contributed by atoms with Gasteiger partial charge in [0.05, 0.1) is 0 Å². The van der Waals surface area contributed by atoms with Gasteiger partial charge < -0.3 is 12.7 Å². The molecule has 0 atom stereocenters. The zero-order valence-electron chi connectivity index (χ0n) is 3.71. The van der Waals surface area contributed by atoms with Gasteiger partial charge in [-0.15, -0.1) is 0 Å². The van der Waals surface area contributed by atoms with Gasteiger partial charge in [0.2, 0.25) is 0 Å². The second-order valence-corrected chi connectivity index (χ2v) is 0. The van der Waals surface area contributed by atoms with E-state index in [9.17, 15) is 0 Å². The van der Waals surface area contributed by atoms with Gasteiger partial charge in [0, 0.05) is 0 Å². The molecule has 0 saturated carbocycles. The largest absolute Gasteiger partial charge is 2.00 e.